The van der Waals surface area contributed by atoms with E-state index in [1.807, 2.05) is 39.0 Å². The van der Waals surface area contributed by atoms with Gasteiger partial charge in [0, 0.05) is 22.2 Å². The average molecular weight is 388 g/mol. The molecule has 1 aromatic heterocycles. The highest BCUT2D eigenvalue weighted by Gasteiger charge is 2.13. The predicted molar refractivity (Wildman–Crippen MR) is 108 cm³/mol. The highest BCUT2D eigenvalue weighted by Crippen LogP contribution is 2.29. The maximum atomic E-state index is 11.8. The summed E-state index contributed by atoms with van der Waals surface area (Å²) >= 11 is 11.2. The van der Waals surface area contributed by atoms with Crippen LogP contribution in [0.1, 0.15) is 19.4 Å². The maximum absolute atomic E-state index is 11.8. The number of amides is 1. The van der Waals surface area contributed by atoms with Gasteiger partial charge in [0.2, 0.25) is 11.8 Å². The molecular formula is C19H18ClN3O2S. The van der Waals surface area contributed by atoms with Gasteiger partial charge in [0.15, 0.2) is 10.7 Å². The lowest BCUT2D eigenvalue weighted by Gasteiger charge is -2.13. The van der Waals surface area contributed by atoms with Crippen molar-refractivity contribution in [1.29, 1.82) is 0 Å². The number of benzene rings is 2. The Bertz CT molecular complexity index is 998. The molecule has 0 atom stereocenters. The number of aryl methyl sites for hydroxylation is 1. The molecule has 0 aliphatic rings. The molecule has 0 saturated heterocycles. The van der Waals surface area contributed by atoms with E-state index in [1.165, 1.54) is 0 Å². The number of fused-ring (bicyclic) bond motifs is 1. The summed E-state index contributed by atoms with van der Waals surface area (Å²) in [6.07, 6.45) is 0. The molecule has 0 spiro atoms. The highest BCUT2D eigenvalue weighted by atomic mass is 35.5. The molecule has 5 nitrogen and oxygen atoms in total. The SMILES string of the molecule is Cc1ccc(-c2nc3cc(Cl)ccc3o2)cc1NC(=S)NC(=O)C(C)C. The number of thiocarbonyl (C=S) groups is 1. The van der Waals surface area contributed by atoms with Gasteiger partial charge in [0.1, 0.15) is 5.52 Å². The van der Waals surface area contributed by atoms with E-state index in [2.05, 4.69) is 15.6 Å². The Hall–Kier alpha value is -2.44. The molecule has 2 N–H and O–H groups in total. The van der Waals surface area contributed by atoms with Gasteiger partial charge in [-0.1, -0.05) is 31.5 Å². The zero-order valence-corrected chi connectivity index (χ0v) is 16.2. The lowest BCUT2D eigenvalue weighted by atomic mass is 10.1. The summed E-state index contributed by atoms with van der Waals surface area (Å²) in [5, 5.41) is 6.59. The molecule has 1 amide bonds. The number of carbonyl (C=O) groups excluding carboxylic acids is 1. The van der Waals surface area contributed by atoms with E-state index in [0.717, 1.165) is 16.8 Å². The fourth-order valence-electron chi connectivity index (χ4n) is 2.32. The second kappa shape index (κ2) is 7.43. The Morgan fingerprint density at radius 1 is 1.23 bits per heavy atom. The normalized spacial score (nSPS) is 11.0. The van der Waals surface area contributed by atoms with Crippen LogP contribution in [0.4, 0.5) is 5.69 Å². The number of nitrogens with one attached hydrogen (secondary N) is 2. The Morgan fingerprint density at radius 3 is 2.73 bits per heavy atom. The van der Waals surface area contributed by atoms with E-state index in [9.17, 15) is 4.79 Å². The van der Waals surface area contributed by atoms with Gasteiger partial charge in [0.25, 0.3) is 0 Å². The Kier molecular flexibility index (Phi) is 5.25. The second-order valence-electron chi connectivity index (χ2n) is 6.26. The van der Waals surface area contributed by atoms with Crippen molar-refractivity contribution in [2.75, 3.05) is 5.32 Å². The molecule has 0 fully saturated rings. The van der Waals surface area contributed by atoms with Gasteiger partial charge in [-0.05, 0) is 55.0 Å². The lowest BCUT2D eigenvalue weighted by molar-refractivity contribution is -0.122. The minimum atomic E-state index is -0.145. The van der Waals surface area contributed by atoms with Gasteiger partial charge < -0.3 is 15.1 Å². The van der Waals surface area contributed by atoms with Crippen LogP contribution in [0.25, 0.3) is 22.6 Å². The average Bonchev–Trinajstić information content (AvgIpc) is 2.99. The van der Waals surface area contributed by atoms with Crippen LogP contribution in [0.2, 0.25) is 5.02 Å². The van der Waals surface area contributed by atoms with Crippen LogP contribution in [-0.2, 0) is 4.79 Å². The Labute approximate surface area is 161 Å². The third-order valence-corrected chi connectivity index (χ3v) is 4.28. The van der Waals surface area contributed by atoms with Crippen LogP contribution in [0.5, 0.6) is 0 Å². The minimum absolute atomic E-state index is 0.132. The number of hydrogen-bond acceptors (Lipinski definition) is 4. The molecule has 134 valence electrons. The first-order valence-electron chi connectivity index (χ1n) is 8.12. The third-order valence-electron chi connectivity index (χ3n) is 3.84. The van der Waals surface area contributed by atoms with Crippen molar-refractivity contribution in [2.45, 2.75) is 20.8 Å². The van der Waals surface area contributed by atoms with Crippen LogP contribution in [0.3, 0.4) is 0 Å². The van der Waals surface area contributed by atoms with Gasteiger partial charge in [-0.3, -0.25) is 4.79 Å². The van der Waals surface area contributed by atoms with Crippen molar-refractivity contribution in [3.05, 3.63) is 47.0 Å². The van der Waals surface area contributed by atoms with Gasteiger partial charge >= 0.3 is 0 Å². The molecule has 7 heteroatoms. The number of aromatic nitrogens is 1. The first-order chi connectivity index (χ1) is 12.3. The number of nitrogens with zero attached hydrogens (tertiary/aromatic N) is 1. The summed E-state index contributed by atoms with van der Waals surface area (Å²) in [6, 6.07) is 11.0. The maximum Gasteiger partial charge on any atom is 0.228 e. The molecule has 0 aliphatic heterocycles. The summed E-state index contributed by atoms with van der Waals surface area (Å²) in [5.74, 6) is 0.211. The standard InChI is InChI=1S/C19H18ClN3O2S/c1-10(2)17(24)23-19(26)22-14-8-12(5-4-11(14)3)18-21-15-9-13(20)6-7-16(15)25-18/h4-10H,1-3H3,(H2,22,23,24,26). The number of anilines is 1. The Balaban J connectivity index is 1.86. The van der Waals surface area contributed by atoms with E-state index < -0.39 is 0 Å². The zero-order chi connectivity index (χ0) is 18.8. The summed E-state index contributed by atoms with van der Waals surface area (Å²) in [5.41, 5.74) is 3.91. The first-order valence-corrected chi connectivity index (χ1v) is 8.91. The van der Waals surface area contributed by atoms with E-state index >= 15 is 0 Å². The van der Waals surface area contributed by atoms with Crippen LogP contribution in [0.15, 0.2) is 40.8 Å². The fraction of sp³-hybridized carbons (Fsp3) is 0.211. The predicted octanol–water partition coefficient (Wildman–Crippen LogP) is 4.93. The summed E-state index contributed by atoms with van der Waals surface area (Å²) in [7, 11) is 0. The summed E-state index contributed by atoms with van der Waals surface area (Å²) in [6.45, 7) is 5.57. The lowest BCUT2D eigenvalue weighted by Crippen LogP contribution is -2.36. The summed E-state index contributed by atoms with van der Waals surface area (Å²) in [4.78, 5) is 16.3. The molecule has 0 unspecified atom stereocenters. The van der Waals surface area contributed by atoms with Gasteiger partial charge in [0.05, 0.1) is 0 Å². The van der Waals surface area contributed by atoms with Gasteiger partial charge in [-0.2, -0.15) is 0 Å². The molecule has 3 aromatic rings. The topological polar surface area (TPSA) is 67.2 Å². The molecule has 26 heavy (non-hydrogen) atoms. The third kappa shape index (κ3) is 4.03. The zero-order valence-electron chi connectivity index (χ0n) is 14.6. The minimum Gasteiger partial charge on any atom is -0.436 e. The monoisotopic (exact) mass is 387 g/mol. The van der Waals surface area contributed by atoms with E-state index in [4.69, 9.17) is 28.2 Å². The molecular weight excluding hydrogens is 370 g/mol. The van der Waals surface area contributed by atoms with Crippen molar-refractivity contribution >= 4 is 51.6 Å². The quantitative estimate of drug-likeness (QED) is 0.624. The van der Waals surface area contributed by atoms with Crippen molar-refractivity contribution in [2.24, 2.45) is 5.92 Å². The van der Waals surface area contributed by atoms with Crippen LogP contribution < -0.4 is 10.6 Å². The molecule has 0 bridgehead atoms. The molecule has 3 rings (SSSR count). The van der Waals surface area contributed by atoms with E-state index in [1.54, 1.807) is 18.2 Å². The van der Waals surface area contributed by atoms with Gasteiger partial charge in [-0.25, -0.2) is 4.98 Å². The smallest absolute Gasteiger partial charge is 0.228 e. The van der Waals surface area contributed by atoms with Crippen LogP contribution in [-0.4, -0.2) is 16.0 Å². The molecule has 0 aliphatic carbocycles. The van der Waals surface area contributed by atoms with Crippen molar-refractivity contribution < 1.29 is 9.21 Å². The van der Waals surface area contributed by atoms with E-state index in [-0.39, 0.29) is 16.9 Å². The van der Waals surface area contributed by atoms with Crippen LogP contribution in [0, 0.1) is 12.8 Å². The molecule has 0 radical (unpaired) electrons. The first kappa shape index (κ1) is 18.4. The fourth-order valence-corrected chi connectivity index (χ4v) is 2.70. The highest BCUT2D eigenvalue weighted by molar-refractivity contribution is 7.80. The molecule has 2 aromatic carbocycles. The van der Waals surface area contributed by atoms with Crippen LogP contribution >= 0.6 is 23.8 Å². The second-order valence-corrected chi connectivity index (χ2v) is 7.10. The number of halogens is 1. The van der Waals surface area contributed by atoms with Gasteiger partial charge in [-0.15, -0.1) is 0 Å². The number of oxazole rings is 1. The largest absolute Gasteiger partial charge is 0.436 e. The van der Waals surface area contributed by atoms with Crippen molar-refractivity contribution in [3.8, 4) is 11.5 Å². The van der Waals surface area contributed by atoms with E-state index in [0.29, 0.717) is 22.0 Å². The molecule has 0 saturated carbocycles. The van der Waals surface area contributed by atoms with Crippen molar-refractivity contribution in [1.82, 2.24) is 10.3 Å². The number of hydrogen-bond donors (Lipinski definition) is 2. The Morgan fingerprint density at radius 2 is 2.00 bits per heavy atom. The van der Waals surface area contributed by atoms with Crippen molar-refractivity contribution in [3.63, 3.8) is 0 Å². The summed E-state index contributed by atoms with van der Waals surface area (Å²) < 4.78 is 5.80. The number of carbonyl (C=O) groups is 1. The number of rotatable bonds is 3. The molecule has 1 heterocycles.